The fourth-order valence-corrected chi connectivity index (χ4v) is 5.10. The molecule has 1 unspecified atom stereocenters. The van der Waals surface area contributed by atoms with Crippen molar-refractivity contribution in [3.05, 3.63) is 59.2 Å². The Morgan fingerprint density at radius 3 is 2.35 bits per heavy atom. The van der Waals surface area contributed by atoms with Gasteiger partial charge in [-0.2, -0.15) is 0 Å². The van der Waals surface area contributed by atoms with E-state index in [1.54, 1.807) is 40.1 Å². The monoisotopic (exact) mass is 507 g/mol. The van der Waals surface area contributed by atoms with Crippen LogP contribution in [0.3, 0.4) is 0 Å². The summed E-state index contributed by atoms with van der Waals surface area (Å²) >= 11 is 0. The summed E-state index contributed by atoms with van der Waals surface area (Å²) in [4.78, 5) is 43.6. The zero-order valence-electron chi connectivity index (χ0n) is 21.5. The third-order valence-corrected chi connectivity index (χ3v) is 7.22. The van der Waals surface area contributed by atoms with Crippen LogP contribution < -0.4 is 14.8 Å². The highest BCUT2D eigenvalue weighted by atomic mass is 16.7. The molecule has 3 amide bonds. The quantitative estimate of drug-likeness (QED) is 0.669. The van der Waals surface area contributed by atoms with Gasteiger partial charge in [0.15, 0.2) is 11.5 Å². The second-order valence-corrected chi connectivity index (χ2v) is 10.3. The van der Waals surface area contributed by atoms with E-state index in [1.807, 2.05) is 32.9 Å². The lowest BCUT2D eigenvalue weighted by Gasteiger charge is -2.44. The first kappa shape index (κ1) is 25.1. The first-order chi connectivity index (χ1) is 17.8. The minimum absolute atomic E-state index is 0.117. The molecule has 196 valence electrons. The van der Waals surface area contributed by atoms with Crippen molar-refractivity contribution in [2.24, 2.45) is 5.92 Å². The first-order valence-electron chi connectivity index (χ1n) is 12.8. The van der Waals surface area contributed by atoms with Crippen LogP contribution in [0.5, 0.6) is 11.5 Å². The van der Waals surface area contributed by atoms with Crippen molar-refractivity contribution in [2.45, 2.75) is 45.4 Å². The van der Waals surface area contributed by atoms with Gasteiger partial charge in [-0.3, -0.25) is 19.3 Å². The molecule has 3 heterocycles. The molecule has 1 spiro atoms. The van der Waals surface area contributed by atoms with E-state index in [1.165, 1.54) is 0 Å². The van der Waals surface area contributed by atoms with Crippen molar-refractivity contribution < 1.29 is 28.6 Å². The third kappa shape index (κ3) is 4.87. The summed E-state index contributed by atoms with van der Waals surface area (Å²) in [5, 5.41) is 2.96. The Balaban J connectivity index is 1.35. The number of aryl methyl sites for hydroxylation is 1. The molecule has 1 N–H and O–H groups in total. The molecule has 0 aliphatic carbocycles. The normalized spacial score (nSPS) is 19.9. The number of amides is 3. The Kier molecular flexibility index (Phi) is 6.81. The molecule has 0 aromatic heterocycles. The lowest BCUT2D eigenvalue weighted by Crippen LogP contribution is -2.60. The van der Waals surface area contributed by atoms with E-state index in [-0.39, 0.29) is 37.0 Å². The van der Waals surface area contributed by atoms with E-state index in [4.69, 9.17) is 14.2 Å². The highest BCUT2D eigenvalue weighted by Gasteiger charge is 2.54. The van der Waals surface area contributed by atoms with Crippen LogP contribution in [0.15, 0.2) is 42.5 Å². The summed E-state index contributed by atoms with van der Waals surface area (Å²) in [6.45, 7) is 7.59. The van der Waals surface area contributed by atoms with Crippen molar-refractivity contribution in [1.29, 1.82) is 0 Å². The number of nitrogens with zero attached hydrogens (tertiary/aromatic N) is 2. The first-order valence-corrected chi connectivity index (χ1v) is 12.8. The van der Waals surface area contributed by atoms with Crippen molar-refractivity contribution in [3.8, 4) is 11.5 Å². The highest BCUT2D eigenvalue weighted by Crippen LogP contribution is 2.39. The fraction of sp³-hybridized carbons (Fsp3) is 0.464. The molecule has 5 rings (SSSR count). The smallest absolute Gasteiger partial charge is 0.256 e. The van der Waals surface area contributed by atoms with Crippen LogP contribution in [0.25, 0.3) is 0 Å². The molecule has 9 nitrogen and oxygen atoms in total. The van der Waals surface area contributed by atoms with Gasteiger partial charge in [0, 0.05) is 43.6 Å². The number of piperidine rings is 1. The Morgan fingerprint density at radius 1 is 0.973 bits per heavy atom. The molecule has 1 atom stereocenters. The fourth-order valence-electron chi connectivity index (χ4n) is 5.10. The molecule has 9 heteroatoms. The van der Waals surface area contributed by atoms with Gasteiger partial charge in [-0.1, -0.05) is 31.5 Å². The Labute approximate surface area is 216 Å². The number of likely N-dealkylation sites (tertiary alicyclic amines) is 1. The van der Waals surface area contributed by atoms with E-state index >= 15 is 0 Å². The number of fused-ring (bicyclic) bond motifs is 1. The van der Waals surface area contributed by atoms with Gasteiger partial charge in [0.1, 0.15) is 11.8 Å². The zero-order valence-corrected chi connectivity index (χ0v) is 21.5. The maximum atomic E-state index is 13.8. The highest BCUT2D eigenvalue weighted by molar-refractivity contribution is 5.99. The lowest BCUT2D eigenvalue weighted by molar-refractivity contribution is -0.128. The molecule has 2 aromatic carbocycles. The predicted molar refractivity (Wildman–Crippen MR) is 135 cm³/mol. The Morgan fingerprint density at radius 2 is 1.65 bits per heavy atom. The van der Waals surface area contributed by atoms with Crippen LogP contribution in [0, 0.1) is 12.8 Å². The number of carbonyl (C=O) groups excluding carboxylic acids is 3. The number of carbonyl (C=O) groups is 3. The van der Waals surface area contributed by atoms with Gasteiger partial charge in [0.2, 0.25) is 12.7 Å². The van der Waals surface area contributed by atoms with E-state index in [0.29, 0.717) is 55.1 Å². The largest absolute Gasteiger partial charge is 0.454 e. The van der Waals surface area contributed by atoms with Gasteiger partial charge in [-0.05, 0) is 43.2 Å². The van der Waals surface area contributed by atoms with Gasteiger partial charge in [-0.15, -0.1) is 0 Å². The summed E-state index contributed by atoms with van der Waals surface area (Å²) in [5.41, 5.74) is 1.13. The average molecular weight is 508 g/mol. The van der Waals surface area contributed by atoms with Crippen molar-refractivity contribution in [3.63, 3.8) is 0 Å². The molecular weight excluding hydrogens is 474 g/mol. The molecule has 37 heavy (non-hydrogen) atoms. The van der Waals surface area contributed by atoms with E-state index in [2.05, 4.69) is 5.32 Å². The molecule has 0 saturated carbocycles. The minimum Gasteiger partial charge on any atom is -0.454 e. The number of benzene rings is 2. The third-order valence-electron chi connectivity index (χ3n) is 7.22. The van der Waals surface area contributed by atoms with Crippen LogP contribution in [-0.4, -0.2) is 72.3 Å². The van der Waals surface area contributed by atoms with Crippen molar-refractivity contribution >= 4 is 17.7 Å². The number of nitrogens with one attached hydrogen (secondary N) is 1. The van der Waals surface area contributed by atoms with Gasteiger partial charge >= 0.3 is 0 Å². The van der Waals surface area contributed by atoms with E-state index < -0.39 is 11.8 Å². The number of rotatable bonds is 5. The molecule has 2 aromatic rings. The van der Waals surface area contributed by atoms with Crippen LogP contribution in [0.1, 0.15) is 53.0 Å². The van der Waals surface area contributed by atoms with Crippen molar-refractivity contribution in [1.82, 2.24) is 15.1 Å². The maximum Gasteiger partial charge on any atom is 0.256 e. The van der Waals surface area contributed by atoms with E-state index in [0.717, 1.165) is 5.56 Å². The Hall–Kier alpha value is -3.59. The van der Waals surface area contributed by atoms with Crippen LogP contribution in [0.2, 0.25) is 0 Å². The minimum atomic E-state index is -0.951. The summed E-state index contributed by atoms with van der Waals surface area (Å²) in [7, 11) is 0. The topological polar surface area (TPSA) is 97.4 Å². The maximum absolute atomic E-state index is 13.8. The van der Waals surface area contributed by atoms with Gasteiger partial charge < -0.3 is 24.4 Å². The number of ether oxygens (including phenoxy) is 3. The SMILES string of the molecule is Cc1ccc(C(=O)N2C(C(=O)NCC(C)C)COC23CCN(C(=O)c2ccc4c(c2)OCO4)CC3)cc1. The molecule has 2 saturated heterocycles. The predicted octanol–water partition coefficient (Wildman–Crippen LogP) is 2.97. The summed E-state index contributed by atoms with van der Waals surface area (Å²) in [6.07, 6.45) is 0.823. The van der Waals surface area contributed by atoms with Crippen LogP contribution in [-0.2, 0) is 9.53 Å². The van der Waals surface area contributed by atoms with Crippen LogP contribution in [0.4, 0.5) is 0 Å². The standard InChI is InChI=1S/C28H33N3O6/c1-18(2)15-29-25(32)22-16-37-28(31(22)27(34)20-6-4-19(3)5-7-20)10-12-30(13-11-28)26(33)21-8-9-23-24(14-21)36-17-35-23/h4-9,14,18,22H,10-13,15-17H2,1-3H3,(H,29,32). The van der Waals surface area contributed by atoms with E-state index in [9.17, 15) is 14.4 Å². The second-order valence-electron chi connectivity index (χ2n) is 10.3. The lowest BCUT2D eigenvalue weighted by atomic mass is 9.96. The van der Waals surface area contributed by atoms with Gasteiger partial charge in [0.05, 0.1) is 6.61 Å². The summed E-state index contributed by atoms with van der Waals surface area (Å²) in [5.74, 6) is 0.896. The van der Waals surface area contributed by atoms with Gasteiger partial charge in [-0.25, -0.2) is 0 Å². The summed E-state index contributed by atoms with van der Waals surface area (Å²) in [6, 6.07) is 11.8. The molecule has 3 aliphatic rings. The van der Waals surface area contributed by atoms with Crippen molar-refractivity contribution in [2.75, 3.05) is 33.0 Å². The van der Waals surface area contributed by atoms with Gasteiger partial charge in [0.25, 0.3) is 11.8 Å². The van der Waals surface area contributed by atoms with Crippen LogP contribution >= 0.6 is 0 Å². The number of hydrogen-bond acceptors (Lipinski definition) is 6. The summed E-state index contributed by atoms with van der Waals surface area (Å²) < 4.78 is 17.0. The Bertz CT molecular complexity index is 1190. The zero-order chi connectivity index (χ0) is 26.2. The molecule has 2 fully saturated rings. The molecule has 3 aliphatic heterocycles. The number of hydrogen-bond donors (Lipinski definition) is 1. The molecular formula is C28H33N3O6. The molecule has 0 radical (unpaired) electrons. The molecule has 0 bridgehead atoms. The average Bonchev–Trinajstić information content (AvgIpc) is 3.52. The second kappa shape index (κ2) is 10.0.